The van der Waals surface area contributed by atoms with Crippen LogP contribution >= 0.6 is 0 Å². The summed E-state index contributed by atoms with van der Waals surface area (Å²) in [7, 11) is 0. The van der Waals surface area contributed by atoms with E-state index in [2.05, 4.69) is 20.4 Å². The quantitative estimate of drug-likeness (QED) is 0.467. The highest BCUT2D eigenvalue weighted by Gasteiger charge is 2.36. The van der Waals surface area contributed by atoms with Gasteiger partial charge in [-0.1, -0.05) is 6.07 Å². The van der Waals surface area contributed by atoms with Gasteiger partial charge in [-0.05, 0) is 36.4 Å². The summed E-state index contributed by atoms with van der Waals surface area (Å²) in [5, 5.41) is 5.65. The highest BCUT2D eigenvalue weighted by Crippen LogP contribution is 2.32. The highest BCUT2D eigenvalue weighted by atomic mass is 19.4. The van der Waals surface area contributed by atoms with E-state index < -0.39 is 41.1 Å². The van der Waals surface area contributed by atoms with Gasteiger partial charge in [0, 0.05) is 5.69 Å². The zero-order valence-electron chi connectivity index (χ0n) is 15.0. The van der Waals surface area contributed by atoms with Crippen molar-refractivity contribution in [3.8, 4) is 11.5 Å². The number of furan rings is 1. The molecule has 4 aromatic rings. The lowest BCUT2D eigenvalue weighted by atomic mass is 10.2. The molecular formula is C18H9F6N5O2. The summed E-state index contributed by atoms with van der Waals surface area (Å²) in [6, 6.07) is 7.22. The third-order valence-electron chi connectivity index (χ3n) is 4.03. The van der Waals surface area contributed by atoms with Gasteiger partial charge in [-0.25, -0.2) is 4.98 Å². The number of anilines is 1. The first-order valence-electron chi connectivity index (χ1n) is 8.40. The molecule has 160 valence electrons. The molecule has 3 aromatic heterocycles. The number of fused-ring (bicyclic) bond motifs is 1. The molecule has 0 radical (unpaired) electrons. The maximum atomic E-state index is 13.5. The smallest absolute Gasteiger partial charge is 0.433 e. The van der Waals surface area contributed by atoms with Gasteiger partial charge in [-0.2, -0.15) is 35.8 Å². The predicted octanol–water partition coefficient (Wildman–Crippen LogP) is 4.67. The maximum absolute atomic E-state index is 13.5. The molecule has 0 atom stereocenters. The molecular weight excluding hydrogens is 432 g/mol. The van der Waals surface area contributed by atoms with Crippen LogP contribution < -0.4 is 5.32 Å². The van der Waals surface area contributed by atoms with Crippen molar-refractivity contribution in [1.82, 2.24) is 19.6 Å². The molecule has 1 aromatic carbocycles. The summed E-state index contributed by atoms with van der Waals surface area (Å²) < 4.78 is 84.3. The highest BCUT2D eigenvalue weighted by molar-refractivity contribution is 6.01. The topological polar surface area (TPSA) is 85.3 Å². The monoisotopic (exact) mass is 441 g/mol. The number of alkyl halides is 6. The molecule has 31 heavy (non-hydrogen) atoms. The molecule has 1 N–H and O–H groups in total. The average molecular weight is 441 g/mol. The first-order valence-corrected chi connectivity index (χ1v) is 8.40. The van der Waals surface area contributed by atoms with Crippen molar-refractivity contribution in [2.75, 3.05) is 5.32 Å². The van der Waals surface area contributed by atoms with Crippen LogP contribution in [-0.4, -0.2) is 25.5 Å². The lowest BCUT2D eigenvalue weighted by Gasteiger charge is -2.09. The Labute approximate surface area is 168 Å². The van der Waals surface area contributed by atoms with E-state index in [1.165, 1.54) is 24.5 Å². The molecule has 0 aliphatic rings. The fourth-order valence-corrected chi connectivity index (χ4v) is 2.68. The maximum Gasteiger partial charge on any atom is 0.433 e. The number of halogens is 6. The van der Waals surface area contributed by atoms with Gasteiger partial charge in [-0.3, -0.25) is 4.79 Å². The van der Waals surface area contributed by atoms with Gasteiger partial charge < -0.3 is 9.73 Å². The van der Waals surface area contributed by atoms with Crippen molar-refractivity contribution in [3.63, 3.8) is 0 Å². The van der Waals surface area contributed by atoms with Crippen molar-refractivity contribution in [2.45, 2.75) is 12.4 Å². The first-order chi connectivity index (χ1) is 14.5. The van der Waals surface area contributed by atoms with Crippen LogP contribution in [0.15, 0.2) is 53.1 Å². The van der Waals surface area contributed by atoms with Crippen LogP contribution in [-0.2, 0) is 12.4 Å². The number of hydrogen-bond acceptors (Lipinski definition) is 5. The minimum Gasteiger partial charge on any atom is -0.463 e. The van der Waals surface area contributed by atoms with Crippen molar-refractivity contribution in [2.24, 2.45) is 0 Å². The number of rotatable bonds is 3. The number of aromatic nitrogens is 4. The number of nitrogens with one attached hydrogen (secondary N) is 1. The number of benzene rings is 1. The summed E-state index contributed by atoms with van der Waals surface area (Å²) in [6.07, 6.45) is -8.27. The van der Waals surface area contributed by atoms with E-state index in [1.807, 2.05) is 0 Å². The molecule has 1 amide bonds. The Bertz CT molecular complexity index is 1260. The van der Waals surface area contributed by atoms with E-state index in [0.29, 0.717) is 16.6 Å². The molecule has 0 aliphatic carbocycles. The summed E-state index contributed by atoms with van der Waals surface area (Å²) in [5.74, 6) is -2.34. The molecule has 0 unspecified atom stereocenters. The zero-order valence-corrected chi connectivity index (χ0v) is 15.0. The minimum atomic E-state index is -4.87. The number of amides is 1. The van der Waals surface area contributed by atoms with E-state index in [4.69, 9.17) is 4.42 Å². The number of carbonyl (C=O) groups excluding carboxylic acids is 1. The average Bonchev–Trinajstić information content (AvgIpc) is 3.35. The number of hydrogen-bond donors (Lipinski definition) is 1. The molecule has 13 heteroatoms. The van der Waals surface area contributed by atoms with Crippen molar-refractivity contribution in [3.05, 3.63) is 65.8 Å². The molecule has 7 nitrogen and oxygen atoms in total. The number of carbonyl (C=O) groups is 1. The summed E-state index contributed by atoms with van der Waals surface area (Å²) in [5.41, 5.74) is -2.71. The Hall–Kier alpha value is -3.90. The lowest BCUT2D eigenvalue weighted by Crippen LogP contribution is -2.16. The van der Waals surface area contributed by atoms with Crippen LogP contribution in [0.25, 0.3) is 17.2 Å². The Morgan fingerprint density at radius 2 is 1.74 bits per heavy atom. The van der Waals surface area contributed by atoms with Gasteiger partial charge in [0.05, 0.1) is 11.8 Å². The van der Waals surface area contributed by atoms with Gasteiger partial charge in [0.25, 0.3) is 11.7 Å². The van der Waals surface area contributed by atoms with E-state index in [1.54, 1.807) is 0 Å². The van der Waals surface area contributed by atoms with Gasteiger partial charge in [-0.15, -0.1) is 5.10 Å². The fraction of sp³-hybridized carbons (Fsp3) is 0.111. The molecule has 4 rings (SSSR count). The van der Waals surface area contributed by atoms with Crippen LogP contribution in [0.2, 0.25) is 0 Å². The van der Waals surface area contributed by atoms with E-state index in [-0.39, 0.29) is 17.1 Å². The van der Waals surface area contributed by atoms with E-state index >= 15 is 0 Å². The fourth-order valence-electron chi connectivity index (χ4n) is 2.68. The Morgan fingerprint density at radius 3 is 2.39 bits per heavy atom. The first kappa shape index (κ1) is 20.4. The standard InChI is InChI=1S/C18H9F6N5O2/c19-17(20,21)9-3-1-4-10(7-9)25-15(30)14-27-16-26-11(12-5-2-6-31-12)8-13(18(22,23)24)29(16)28-14/h1-8H,(H,25,30). The van der Waals surface area contributed by atoms with Crippen LogP contribution in [0, 0.1) is 0 Å². The Kier molecular flexibility index (Phi) is 4.67. The van der Waals surface area contributed by atoms with Crippen LogP contribution in [0.4, 0.5) is 32.0 Å². The molecule has 0 saturated carbocycles. The third-order valence-corrected chi connectivity index (χ3v) is 4.03. The van der Waals surface area contributed by atoms with Crippen LogP contribution in [0.1, 0.15) is 21.9 Å². The van der Waals surface area contributed by atoms with Gasteiger partial charge >= 0.3 is 12.4 Å². The van der Waals surface area contributed by atoms with Crippen molar-refractivity contribution in [1.29, 1.82) is 0 Å². The second kappa shape index (κ2) is 7.11. The minimum absolute atomic E-state index is 0.0333. The van der Waals surface area contributed by atoms with E-state index in [0.717, 1.165) is 12.1 Å². The Morgan fingerprint density at radius 1 is 0.968 bits per heavy atom. The SMILES string of the molecule is O=C(Nc1cccc(C(F)(F)F)c1)c1nc2nc(-c3ccco3)cc(C(F)(F)F)n2n1. The largest absolute Gasteiger partial charge is 0.463 e. The van der Waals surface area contributed by atoms with Crippen molar-refractivity contribution < 1.29 is 35.6 Å². The van der Waals surface area contributed by atoms with E-state index in [9.17, 15) is 31.1 Å². The Balaban J connectivity index is 1.73. The molecule has 0 aliphatic heterocycles. The van der Waals surface area contributed by atoms with Gasteiger partial charge in [0.1, 0.15) is 5.69 Å². The van der Waals surface area contributed by atoms with Crippen LogP contribution in [0.3, 0.4) is 0 Å². The third kappa shape index (κ3) is 4.06. The normalized spacial score (nSPS) is 12.3. The molecule has 3 heterocycles. The predicted molar refractivity (Wildman–Crippen MR) is 92.9 cm³/mol. The zero-order chi connectivity index (χ0) is 22.4. The summed E-state index contributed by atoms with van der Waals surface area (Å²) in [4.78, 5) is 20.0. The van der Waals surface area contributed by atoms with Crippen molar-refractivity contribution >= 4 is 17.4 Å². The van der Waals surface area contributed by atoms with Gasteiger partial charge in [0.15, 0.2) is 11.5 Å². The molecule has 0 saturated heterocycles. The van der Waals surface area contributed by atoms with Crippen LogP contribution in [0.5, 0.6) is 0 Å². The summed E-state index contributed by atoms with van der Waals surface area (Å²) in [6.45, 7) is 0. The molecule has 0 fully saturated rings. The second-order valence-corrected chi connectivity index (χ2v) is 6.18. The lowest BCUT2D eigenvalue weighted by molar-refractivity contribution is -0.142. The molecule has 0 spiro atoms. The van der Waals surface area contributed by atoms with Gasteiger partial charge in [0.2, 0.25) is 5.82 Å². The molecule has 0 bridgehead atoms. The second-order valence-electron chi connectivity index (χ2n) is 6.18. The number of nitrogens with zero attached hydrogens (tertiary/aromatic N) is 4. The summed E-state index contributed by atoms with van der Waals surface area (Å²) >= 11 is 0.